The highest BCUT2D eigenvalue weighted by Gasteiger charge is 2.34. The minimum atomic E-state index is -0.204. The Bertz CT molecular complexity index is 383. The summed E-state index contributed by atoms with van der Waals surface area (Å²) < 4.78 is 1.81. The second kappa shape index (κ2) is 4.35. The summed E-state index contributed by atoms with van der Waals surface area (Å²) in [5, 5.41) is 17.9. The zero-order valence-corrected chi connectivity index (χ0v) is 10.5. The van der Waals surface area contributed by atoms with Crippen LogP contribution >= 0.6 is 11.6 Å². The fourth-order valence-corrected chi connectivity index (χ4v) is 2.63. The molecule has 0 amide bonds. The Balaban J connectivity index is 2.25. The van der Waals surface area contributed by atoms with Gasteiger partial charge in [-0.2, -0.15) is 5.10 Å². The van der Waals surface area contributed by atoms with Crippen molar-refractivity contribution in [3.05, 3.63) is 16.4 Å². The van der Waals surface area contributed by atoms with Gasteiger partial charge in [-0.05, 0) is 26.3 Å². The van der Waals surface area contributed by atoms with Crippen LogP contribution in [-0.2, 0) is 13.5 Å². The van der Waals surface area contributed by atoms with E-state index in [-0.39, 0.29) is 12.1 Å². The number of aliphatic hydroxyl groups excluding tert-OH is 1. The molecule has 1 saturated heterocycles. The molecule has 2 rings (SSSR count). The lowest BCUT2D eigenvalue weighted by molar-refractivity contribution is 0.175. The summed E-state index contributed by atoms with van der Waals surface area (Å²) in [6, 6.07) is 0. The summed E-state index contributed by atoms with van der Waals surface area (Å²) in [7, 11) is 1.90. The fourth-order valence-electron chi connectivity index (χ4n) is 2.40. The minimum absolute atomic E-state index is 0.146. The molecule has 0 radical (unpaired) electrons. The third kappa shape index (κ3) is 1.97. The highest BCUT2D eigenvalue weighted by Crippen LogP contribution is 2.28. The van der Waals surface area contributed by atoms with Gasteiger partial charge in [-0.1, -0.05) is 11.6 Å². The number of halogens is 1. The molecule has 16 heavy (non-hydrogen) atoms. The van der Waals surface area contributed by atoms with Crippen molar-refractivity contribution in [3.63, 3.8) is 0 Å². The summed E-state index contributed by atoms with van der Waals surface area (Å²) in [5.41, 5.74) is 1.65. The maximum Gasteiger partial charge on any atom is 0.0847 e. The quantitative estimate of drug-likeness (QED) is 0.834. The summed E-state index contributed by atoms with van der Waals surface area (Å²) >= 11 is 6.22. The van der Waals surface area contributed by atoms with Crippen molar-refractivity contribution in [2.75, 3.05) is 13.2 Å². The third-order valence-corrected chi connectivity index (χ3v) is 3.89. The first-order valence-electron chi connectivity index (χ1n) is 5.62. The molecule has 0 aliphatic carbocycles. The molecular formula is C11H18ClN3O. The smallest absolute Gasteiger partial charge is 0.0847 e. The van der Waals surface area contributed by atoms with Crippen LogP contribution < -0.4 is 5.32 Å². The largest absolute Gasteiger partial charge is 0.394 e. The van der Waals surface area contributed by atoms with Crippen LogP contribution in [0.15, 0.2) is 0 Å². The molecule has 1 fully saturated rings. The van der Waals surface area contributed by atoms with E-state index in [9.17, 15) is 5.11 Å². The van der Waals surface area contributed by atoms with Crippen LogP contribution in [-0.4, -0.2) is 33.6 Å². The van der Waals surface area contributed by atoms with Crippen LogP contribution in [0.5, 0.6) is 0 Å². The predicted molar refractivity (Wildman–Crippen MR) is 63.7 cm³/mol. The molecule has 1 aromatic heterocycles. The summed E-state index contributed by atoms with van der Waals surface area (Å²) in [5.74, 6) is 0. The lowest BCUT2D eigenvalue weighted by Crippen LogP contribution is -2.45. The van der Waals surface area contributed by atoms with E-state index in [0.29, 0.717) is 0 Å². The van der Waals surface area contributed by atoms with Gasteiger partial charge >= 0.3 is 0 Å². The molecule has 1 aliphatic rings. The maximum atomic E-state index is 9.53. The predicted octanol–water partition coefficient (Wildman–Crippen LogP) is 1.04. The van der Waals surface area contributed by atoms with Gasteiger partial charge in [0.05, 0.1) is 23.0 Å². The van der Waals surface area contributed by atoms with Crippen molar-refractivity contribution in [1.29, 1.82) is 0 Å². The molecular weight excluding hydrogens is 226 g/mol. The van der Waals surface area contributed by atoms with Crippen LogP contribution in [0, 0.1) is 6.92 Å². The van der Waals surface area contributed by atoms with Gasteiger partial charge in [0.25, 0.3) is 0 Å². The summed E-state index contributed by atoms with van der Waals surface area (Å²) in [6.07, 6.45) is 2.83. The normalized spacial score (nSPS) is 25.2. The molecule has 0 spiro atoms. The van der Waals surface area contributed by atoms with Crippen molar-refractivity contribution in [1.82, 2.24) is 15.1 Å². The number of aliphatic hydroxyl groups is 1. The zero-order valence-electron chi connectivity index (χ0n) is 9.76. The van der Waals surface area contributed by atoms with Gasteiger partial charge in [0, 0.05) is 19.0 Å². The Morgan fingerprint density at radius 1 is 1.62 bits per heavy atom. The molecule has 90 valence electrons. The number of nitrogens with zero attached hydrogens (tertiary/aromatic N) is 2. The van der Waals surface area contributed by atoms with Crippen LogP contribution in [0.25, 0.3) is 0 Å². The number of nitrogens with one attached hydrogen (secondary N) is 1. The van der Waals surface area contributed by atoms with Crippen LogP contribution in [0.2, 0.25) is 5.02 Å². The van der Waals surface area contributed by atoms with E-state index in [2.05, 4.69) is 10.4 Å². The highest BCUT2D eigenvalue weighted by atomic mass is 35.5. The zero-order chi connectivity index (χ0) is 11.8. The van der Waals surface area contributed by atoms with Gasteiger partial charge in [-0.3, -0.25) is 4.68 Å². The minimum Gasteiger partial charge on any atom is -0.394 e. The third-order valence-electron chi connectivity index (χ3n) is 3.40. The van der Waals surface area contributed by atoms with Crippen molar-refractivity contribution in [2.24, 2.45) is 7.05 Å². The number of rotatable bonds is 3. The van der Waals surface area contributed by atoms with Crippen LogP contribution in [0.3, 0.4) is 0 Å². The van der Waals surface area contributed by atoms with Gasteiger partial charge in [-0.15, -0.1) is 0 Å². The van der Waals surface area contributed by atoms with Gasteiger partial charge in [0.2, 0.25) is 0 Å². The Labute approximate surface area is 101 Å². The topological polar surface area (TPSA) is 50.1 Å². The molecule has 1 aliphatic heterocycles. The number of hydrogen-bond donors (Lipinski definition) is 2. The van der Waals surface area contributed by atoms with E-state index in [1.807, 2.05) is 18.7 Å². The molecule has 2 heterocycles. The van der Waals surface area contributed by atoms with Gasteiger partial charge in [-0.25, -0.2) is 0 Å². The molecule has 0 saturated carbocycles. The SMILES string of the molecule is Cc1nn(C)c(CC2(CO)CCCN2)c1Cl. The monoisotopic (exact) mass is 243 g/mol. The summed E-state index contributed by atoms with van der Waals surface area (Å²) in [6.45, 7) is 3.02. The average Bonchev–Trinajstić information content (AvgIpc) is 2.81. The number of aryl methyl sites for hydroxylation is 2. The summed E-state index contributed by atoms with van der Waals surface area (Å²) in [4.78, 5) is 0. The van der Waals surface area contributed by atoms with Crippen molar-refractivity contribution >= 4 is 11.6 Å². The van der Waals surface area contributed by atoms with Crippen LogP contribution in [0.1, 0.15) is 24.2 Å². The van der Waals surface area contributed by atoms with Crippen LogP contribution in [0.4, 0.5) is 0 Å². The first-order chi connectivity index (χ1) is 7.58. The van der Waals surface area contributed by atoms with E-state index >= 15 is 0 Å². The molecule has 5 heteroatoms. The van der Waals surface area contributed by atoms with Gasteiger partial charge in [0.15, 0.2) is 0 Å². The van der Waals surface area contributed by atoms with Crippen molar-refractivity contribution < 1.29 is 5.11 Å². The number of hydrogen-bond acceptors (Lipinski definition) is 3. The fraction of sp³-hybridized carbons (Fsp3) is 0.727. The molecule has 0 bridgehead atoms. The Hall–Kier alpha value is -0.580. The Morgan fingerprint density at radius 3 is 2.81 bits per heavy atom. The molecule has 1 atom stereocenters. The van der Waals surface area contributed by atoms with Crippen molar-refractivity contribution in [3.8, 4) is 0 Å². The maximum absolute atomic E-state index is 9.53. The lowest BCUT2D eigenvalue weighted by atomic mass is 9.92. The van der Waals surface area contributed by atoms with E-state index in [1.165, 1.54) is 0 Å². The first kappa shape index (κ1) is 11.9. The standard InChI is InChI=1S/C11H18ClN3O/c1-8-10(12)9(15(2)14-8)6-11(7-16)4-3-5-13-11/h13,16H,3-7H2,1-2H3. The average molecular weight is 244 g/mol. The highest BCUT2D eigenvalue weighted by molar-refractivity contribution is 6.31. The van der Waals surface area contributed by atoms with E-state index in [1.54, 1.807) is 0 Å². The second-order valence-corrected chi connectivity index (χ2v) is 4.99. The second-order valence-electron chi connectivity index (χ2n) is 4.62. The van der Waals surface area contributed by atoms with Gasteiger partial charge < -0.3 is 10.4 Å². The van der Waals surface area contributed by atoms with E-state index in [4.69, 9.17) is 11.6 Å². The molecule has 4 nitrogen and oxygen atoms in total. The van der Waals surface area contributed by atoms with Gasteiger partial charge in [0.1, 0.15) is 0 Å². The van der Waals surface area contributed by atoms with Crippen molar-refractivity contribution in [2.45, 2.75) is 31.7 Å². The first-order valence-corrected chi connectivity index (χ1v) is 6.00. The number of aromatic nitrogens is 2. The van der Waals surface area contributed by atoms with E-state index in [0.717, 1.165) is 42.2 Å². The molecule has 1 aromatic rings. The van der Waals surface area contributed by atoms with E-state index < -0.39 is 0 Å². The molecule has 2 N–H and O–H groups in total. The molecule has 1 unspecified atom stereocenters. The Morgan fingerprint density at radius 2 is 2.38 bits per heavy atom. The lowest BCUT2D eigenvalue weighted by Gasteiger charge is -2.27. The Kier molecular flexibility index (Phi) is 3.24. The molecule has 0 aromatic carbocycles.